The van der Waals surface area contributed by atoms with Gasteiger partial charge in [-0.15, -0.1) is 10.2 Å². The second-order valence-corrected chi connectivity index (χ2v) is 8.89. The number of amides is 2. The van der Waals surface area contributed by atoms with Gasteiger partial charge in [0.25, 0.3) is 5.56 Å². The molecule has 3 N–H and O–H groups in total. The molecule has 9 heteroatoms. The van der Waals surface area contributed by atoms with Crippen molar-refractivity contribution < 1.29 is 9.59 Å². The molecule has 2 aromatic carbocycles. The summed E-state index contributed by atoms with van der Waals surface area (Å²) in [6.07, 6.45) is 0. The van der Waals surface area contributed by atoms with Gasteiger partial charge in [-0.25, -0.2) is 0 Å². The molecular formula is C23H25N5O3S. The molecule has 0 bridgehead atoms. The van der Waals surface area contributed by atoms with E-state index in [0.29, 0.717) is 11.3 Å². The average molecular weight is 452 g/mol. The number of carbonyl (C=O) groups is 2. The van der Waals surface area contributed by atoms with Crippen molar-refractivity contribution >= 4 is 35.0 Å². The number of aromatic amines is 1. The Morgan fingerprint density at radius 2 is 1.69 bits per heavy atom. The number of hydrogen-bond donors (Lipinski definition) is 3. The number of hydrogen-bond acceptors (Lipinski definition) is 6. The maximum atomic E-state index is 12.7. The van der Waals surface area contributed by atoms with Crippen molar-refractivity contribution in [3.63, 3.8) is 0 Å². The van der Waals surface area contributed by atoms with E-state index in [-0.39, 0.29) is 22.7 Å². The Labute approximate surface area is 190 Å². The molecule has 166 valence electrons. The first-order chi connectivity index (χ1) is 15.2. The summed E-state index contributed by atoms with van der Waals surface area (Å²) in [5, 5.41) is 13.5. The molecule has 0 aliphatic rings. The Balaban J connectivity index is 1.77. The van der Waals surface area contributed by atoms with Crippen molar-refractivity contribution in [2.45, 2.75) is 45.0 Å². The van der Waals surface area contributed by atoms with Crippen LogP contribution in [0.15, 0.2) is 46.3 Å². The average Bonchev–Trinajstić information content (AvgIpc) is 2.71. The van der Waals surface area contributed by atoms with Crippen LogP contribution in [-0.2, 0) is 9.59 Å². The van der Waals surface area contributed by atoms with Gasteiger partial charge in [-0.05, 0) is 44.9 Å². The summed E-state index contributed by atoms with van der Waals surface area (Å²) in [5.74, 6) is -0.458. The summed E-state index contributed by atoms with van der Waals surface area (Å²) in [6, 6.07) is 10.9. The summed E-state index contributed by atoms with van der Waals surface area (Å²) >= 11 is 1.11. The van der Waals surface area contributed by atoms with Crippen molar-refractivity contribution in [2.24, 2.45) is 0 Å². The predicted octanol–water partition coefficient (Wildman–Crippen LogP) is 3.83. The Kier molecular flexibility index (Phi) is 7.09. The number of carbonyl (C=O) groups excluding carboxylic acids is 2. The number of rotatable bonds is 6. The summed E-state index contributed by atoms with van der Waals surface area (Å²) in [5.41, 5.74) is 4.46. The lowest BCUT2D eigenvalue weighted by Gasteiger charge is -2.16. The number of benzene rings is 2. The highest BCUT2D eigenvalue weighted by Gasteiger charge is 2.19. The first kappa shape index (κ1) is 23.2. The van der Waals surface area contributed by atoms with Crippen LogP contribution in [0.25, 0.3) is 11.3 Å². The maximum absolute atomic E-state index is 12.7. The zero-order valence-electron chi connectivity index (χ0n) is 18.6. The fraction of sp³-hybridized carbons (Fsp3) is 0.261. The number of nitrogens with one attached hydrogen (secondary N) is 3. The van der Waals surface area contributed by atoms with E-state index in [2.05, 4.69) is 25.8 Å². The lowest BCUT2D eigenvalue weighted by Crippen LogP contribution is -2.24. The van der Waals surface area contributed by atoms with Gasteiger partial charge in [-0.1, -0.05) is 47.7 Å². The SMILES string of the molecule is CC(=O)Nc1ccccc1-c1nnc(SC(C)C(=O)Nc2c(C)cc(C)cc2C)[nH]c1=O. The van der Waals surface area contributed by atoms with E-state index in [0.717, 1.165) is 34.1 Å². The Hall–Kier alpha value is -3.46. The predicted molar refractivity (Wildman–Crippen MR) is 127 cm³/mol. The van der Waals surface area contributed by atoms with Gasteiger partial charge in [0.05, 0.1) is 10.9 Å². The number of anilines is 2. The Morgan fingerprint density at radius 3 is 2.31 bits per heavy atom. The molecule has 3 aromatic rings. The molecular weight excluding hydrogens is 426 g/mol. The van der Waals surface area contributed by atoms with Crippen LogP contribution in [0, 0.1) is 20.8 Å². The monoisotopic (exact) mass is 451 g/mol. The number of aromatic nitrogens is 3. The van der Waals surface area contributed by atoms with E-state index in [9.17, 15) is 14.4 Å². The normalized spacial score (nSPS) is 11.7. The molecule has 0 radical (unpaired) electrons. The molecule has 0 saturated carbocycles. The van der Waals surface area contributed by atoms with E-state index >= 15 is 0 Å². The van der Waals surface area contributed by atoms with Crippen molar-refractivity contribution in [3.05, 3.63) is 63.4 Å². The van der Waals surface area contributed by atoms with Crippen molar-refractivity contribution in [3.8, 4) is 11.3 Å². The Morgan fingerprint density at radius 1 is 1.03 bits per heavy atom. The molecule has 3 rings (SSSR count). The van der Waals surface area contributed by atoms with Crippen LogP contribution in [0.3, 0.4) is 0 Å². The van der Waals surface area contributed by atoms with Crippen LogP contribution >= 0.6 is 11.8 Å². The minimum Gasteiger partial charge on any atom is -0.326 e. The first-order valence-electron chi connectivity index (χ1n) is 10.0. The second kappa shape index (κ2) is 9.78. The number of nitrogens with zero attached hydrogens (tertiary/aromatic N) is 2. The van der Waals surface area contributed by atoms with E-state index in [4.69, 9.17) is 0 Å². The third-order valence-electron chi connectivity index (χ3n) is 4.75. The van der Waals surface area contributed by atoms with Crippen LogP contribution in [0.4, 0.5) is 11.4 Å². The number of thioether (sulfide) groups is 1. The molecule has 0 spiro atoms. The molecule has 0 aliphatic carbocycles. The van der Waals surface area contributed by atoms with Gasteiger partial charge in [0.15, 0.2) is 10.9 Å². The van der Waals surface area contributed by atoms with Crippen LogP contribution < -0.4 is 16.2 Å². The lowest BCUT2D eigenvalue weighted by molar-refractivity contribution is -0.115. The van der Waals surface area contributed by atoms with Gasteiger partial charge in [-0.3, -0.25) is 19.4 Å². The van der Waals surface area contributed by atoms with Crippen LogP contribution in [0.2, 0.25) is 0 Å². The lowest BCUT2D eigenvalue weighted by atomic mass is 10.1. The minimum absolute atomic E-state index is 0.0849. The van der Waals surface area contributed by atoms with E-state index in [1.165, 1.54) is 6.92 Å². The van der Waals surface area contributed by atoms with Gasteiger partial charge >= 0.3 is 0 Å². The van der Waals surface area contributed by atoms with Gasteiger partial charge in [-0.2, -0.15) is 0 Å². The molecule has 1 aromatic heterocycles. The fourth-order valence-corrected chi connectivity index (χ4v) is 4.10. The molecule has 1 atom stereocenters. The summed E-state index contributed by atoms with van der Waals surface area (Å²) in [4.78, 5) is 39.5. The maximum Gasteiger partial charge on any atom is 0.278 e. The highest BCUT2D eigenvalue weighted by atomic mass is 32.2. The largest absolute Gasteiger partial charge is 0.326 e. The van der Waals surface area contributed by atoms with Gasteiger partial charge < -0.3 is 10.6 Å². The van der Waals surface area contributed by atoms with Crippen molar-refractivity contribution in [2.75, 3.05) is 10.6 Å². The van der Waals surface area contributed by atoms with E-state index in [1.807, 2.05) is 32.9 Å². The van der Waals surface area contributed by atoms with Crippen LogP contribution in [-0.4, -0.2) is 32.2 Å². The number of aryl methyl sites for hydroxylation is 3. The van der Waals surface area contributed by atoms with Crippen molar-refractivity contribution in [1.82, 2.24) is 15.2 Å². The third kappa shape index (κ3) is 5.42. The molecule has 1 unspecified atom stereocenters. The first-order valence-corrected chi connectivity index (χ1v) is 10.9. The smallest absolute Gasteiger partial charge is 0.278 e. The van der Waals surface area contributed by atoms with Gasteiger partial charge in [0.1, 0.15) is 0 Å². The minimum atomic E-state index is -0.516. The number of para-hydroxylation sites is 1. The topological polar surface area (TPSA) is 117 Å². The fourth-order valence-electron chi connectivity index (χ4n) is 3.36. The van der Waals surface area contributed by atoms with Crippen LogP contribution in [0.1, 0.15) is 30.5 Å². The van der Waals surface area contributed by atoms with E-state index < -0.39 is 10.8 Å². The summed E-state index contributed by atoms with van der Waals surface area (Å²) < 4.78 is 0. The molecule has 8 nitrogen and oxygen atoms in total. The van der Waals surface area contributed by atoms with Crippen LogP contribution in [0.5, 0.6) is 0 Å². The Bertz CT molecular complexity index is 1220. The molecule has 2 amide bonds. The number of H-pyrrole nitrogens is 1. The summed E-state index contributed by atoms with van der Waals surface area (Å²) in [6.45, 7) is 9.04. The van der Waals surface area contributed by atoms with E-state index in [1.54, 1.807) is 31.2 Å². The molecule has 32 heavy (non-hydrogen) atoms. The molecule has 0 fully saturated rings. The van der Waals surface area contributed by atoms with Gasteiger partial charge in [0, 0.05) is 18.2 Å². The zero-order valence-corrected chi connectivity index (χ0v) is 19.4. The second-order valence-electron chi connectivity index (χ2n) is 7.56. The quantitative estimate of drug-likeness (QED) is 0.490. The molecule has 1 heterocycles. The van der Waals surface area contributed by atoms with Gasteiger partial charge in [0.2, 0.25) is 11.8 Å². The highest BCUT2D eigenvalue weighted by molar-refractivity contribution is 8.00. The highest BCUT2D eigenvalue weighted by Crippen LogP contribution is 2.26. The molecule has 0 aliphatic heterocycles. The zero-order chi connectivity index (χ0) is 23.4. The summed E-state index contributed by atoms with van der Waals surface area (Å²) in [7, 11) is 0. The third-order valence-corrected chi connectivity index (χ3v) is 5.73. The molecule has 0 saturated heterocycles. The standard InChI is InChI=1S/C23H25N5O3S/c1-12-10-13(2)19(14(3)11-12)25-21(30)15(4)32-23-26-22(31)20(27-28-23)17-8-6-7-9-18(17)24-16(5)29/h6-11,15H,1-5H3,(H,24,29)(H,25,30)(H,26,28,31). The van der Waals surface area contributed by atoms with Crippen molar-refractivity contribution in [1.29, 1.82) is 0 Å².